The van der Waals surface area contributed by atoms with E-state index in [4.69, 9.17) is 0 Å². The van der Waals surface area contributed by atoms with Crippen LogP contribution in [0.2, 0.25) is 0 Å². The predicted octanol–water partition coefficient (Wildman–Crippen LogP) is 2.11. The highest BCUT2D eigenvalue weighted by Crippen LogP contribution is 2.59. The molecule has 0 spiro atoms. The van der Waals surface area contributed by atoms with Gasteiger partial charge in [0.1, 0.15) is 5.82 Å². The van der Waals surface area contributed by atoms with Crippen LogP contribution in [0.4, 0.5) is 19.0 Å². The number of pyridine rings is 1. The third kappa shape index (κ3) is 3.22. The molecule has 9 heteroatoms. The first-order valence-electron chi connectivity index (χ1n) is 8.33. The van der Waals surface area contributed by atoms with Gasteiger partial charge in [-0.2, -0.15) is 13.2 Å². The van der Waals surface area contributed by atoms with Crippen molar-refractivity contribution >= 4 is 17.7 Å². The summed E-state index contributed by atoms with van der Waals surface area (Å²) in [5, 5.41) is 9.21. The van der Waals surface area contributed by atoms with Crippen molar-refractivity contribution in [1.82, 2.24) is 9.88 Å². The average Bonchev–Trinajstić information content (AvgIpc) is 3.16. The van der Waals surface area contributed by atoms with Gasteiger partial charge in [0.05, 0.1) is 17.4 Å². The van der Waals surface area contributed by atoms with Gasteiger partial charge in [-0.15, -0.1) is 0 Å². The highest BCUT2D eigenvalue weighted by Gasteiger charge is 2.66. The second kappa shape index (κ2) is 6.14. The fourth-order valence-corrected chi connectivity index (χ4v) is 3.65. The summed E-state index contributed by atoms with van der Waals surface area (Å²) in [4.78, 5) is 31.2. The van der Waals surface area contributed by atoms with Crippen molar-refractivity contribution in [3.63, 3.8) is 0 Å². The molecular formula is C17H20F3N3O3. The smallest absolute Gasteiger partial charge is 0.417 e. The van der Waals surface area contributed by atoms with Crippen LogP contribution in [0.25, 0.3) is 0 Å². The standard InChI is InChI=1S/C17H20F3N3O3/c1-16(2)12(13(16)15(25)26)14(24)23-7-5-22(6-8-23)11-4-3-10(9-21-11)17(18,19)20/h3-4,9,12-13H,5-8H2,1-2H3,(H,25,26)/t12-,13-/m0/s1. The molecule has 0 radical (unpaired) electrons. The third-order valence-electron chi connectivity index (χ3n) is 5.35. The van der Waals surface area contributed by atoms with Crippen LogP contribution in [0.15, 0.2) is 18.3 Å². The summed E-state index contributed by atoms with van der Waals surface area (Å²) in [5.74, 6) is -1.87. The van der Waals surface area contributed by atoms with Gasteiger partial charge in [0.25, 0.3) is 0 Å². The first-order valence-corrected chi connectivity index (χ1v) is 8.33. The van der Waals surface area contributed by atoms with Crippen LogP contribution < -0.4 is 4.90 Å². The number of aliphatic carboxylic acids is 1. The molecular weight excluding hydrogens is 351 g/mol. The molecule has 1 aromatic heterocycles. The van der Waals surface area contributed by atoms with Gasteiger partial charge in [-0.1, -0.05) is 13.8 Å². The van der Waals surface area contributed by atoms with E-state index in [1.54, 1.807) is 18.7 Å². The molecule has 0 aromatic carbocycles. The van der Waals surface area contributed by atoms with Crippen molar-refractivity contribution in [2.45, 2.75) is 20.0 Å². The van der Waals surface area contributed by atoms with Crippen molar-refractivity contribution in [3.8, 4) is 0 Å². The van der Waals surface area contributed by atoms with Crippen LogP contribution in [-0.2, 0) is 15.8 Å². The number of nitrogens with zero attached hydrogens (tertiary/aromatic N) is 3. The molecule has 3 rings (SSSR count). The first-order chi connectivity index (χ1) is 12.0. The number of hydrogen-bond acceptors (Lipinski definition) is 4. The molecule has 142 valence electrons. The number of aromatic nitrogens is 1. The molecule has 2 heterocycles. The SMILES string of the molecule is CC1(C)[C@H](C(=O)O)[C@H]1C(=O)N1CCN(c2ccc(C(F)(F)F)cn2)CC1. The minimum absolute atomic E-state index is 0.164. The number of hydrogen-bond donors (Lipinski definition) is 1. The molecule has 1 saturated heterocycles. The zero-order valence-electron chi connectivity index (χ0n) is 14.5. The summed E-state index contributed by atoms with van der Waals surface area (Å²) >= 11 is 0. The maximum absolute atomic E-state index is 12.6. The van der Waals surface area contributed by atoms with E-state index in [9.17, 15) is 27.9 Å². The Labute approximate surface area is 148 Å². The maximum Gasteiger partial charge on any atom is 0.417 e. The molecule has 1 aliphatic carbocycles. The van der Waals surface area contributed by atoms with Gasteiger partial charge in [-0.05, 0) is 17.5 Å². The lowest BCUT2D eigenvalue weighted by molar-refractivity contribution is -0.142. The summed E-state index contributed by atoms with van der Waals surface area (Å²) in [7, 11) is 0. The molecule has 2 fully saturated rings. The van der Waals surface area contributed by atoms with E-state index in [0.717, 1.165) is 12.3 Å². The number of alkyl halides is 3. The first kappa shape index (κ1) is 18.5. The molecule has 6 nitrogen and oxygen atoms in total. The Morgan fingerprint density at radius 2 is 1.77 bits per heavy atom. The Balaban J connectivity index is 1.60. The number of rotatable bonds is 3. The van der Waals surface area contributed by atoms with E-state index >= 15 is 0 Å². The quantitative estimate of drug-likeness (QED) is 0.881. The van der Waals surface area contributed by atoms with Crippen LogP contribution in [0.3, 0.4) is 0 Å². The fourth-order valence-electron chi connectivity index (χ4n) is 3.65. The van der Waals surface area contributed by atoms with E-state index in [0.29, 0.717) is 32.0 Å². The Hall–Kier alpha value is -2.32. The second-order valence-electron chi connectivity index (χ2n) is 7.33. The van der Waals surface area contributed by atoms with Gasteiger partial charge in [0.15, 0.2) is 0 Å². The zero-order chi connectivity index (χ0) is 19.3. The topological polar surface area (TPSA) is 73.7 Å². The molecule has 1 amide bonds. The average molecular weight is 371 g/mol. The molecule has 2 atom stereocenters. The van der Waals surface area contributed by atoms with Gasteiger partial charge in [-0.3, -0.25) is 9.59 Å². The van der Waals surface area contributed by atoms with Crippen molar-refractivity contribution in [2.24, 2.45) is 17.3 Å². The lowest BCUT2D eigenvalue weighted by Crippen LogP contribution is -2.50. The van der Waals surface area contributed by atoms with Gasteiger partial charge >= 0.3 is 12.1 Å². The van der Waals surface area contributed by atoms with Gasteiger partial charge in [-0.25, -0.2) is 4.98 Å². The minimum Gasteiger partial charge on any atom is -0.481 e. The Bertz CT molecular complexity index is 710. The molecule has 0 bridgehead atoms. The van der Waals surface area contributed by atoms with Crippen molar-refractivity contribution in [1.29, 1.82) is 0 Å². The normalized spacial score (nSPS) is 25.1. The van der Waals surface area contributed by atoms with Crippen molar-refractivity contribution in [2.75, 3.05) is 31.1 Å². The van der Waals surface area contributed by atoms with Crippen LogP contribution in [0.1, 0.15) is 19.4 Å². The molecule has 2 aliphatic rings. The number of halogens is 3. The van der Waals surface area contributed by atoms with Crippen LogP contribution in [0, 0.1) is 17.3 Å². The molecule has 1 aliphatic heterocycles. The summed E-state index contributed by atoms with van der Waals surface area (Å²) in [5.41, 5.74) is -1.35. The monoisotopic (exact) mass is 371 g/mol. The zero-order valence-corrected chi connectivity index (χ0v) is 14.5. The predicted molar refractivity (Wildman–Crippen MR) is 86.4 cm³/mol. The molecule has 1 N–H and O–H groups in total. The van der Waals surface area contributed by atoms with E-state index < -0.39 is 35.0 Å². The van der Waals surface area contributed by atoms with Crippen molar-refractivity contribution < 1.29 is 27.9 Å². The highest BCUT2D eigenvalue weighted by molar-refractivity contribution is 5.91. The summed E-state index contributed by atoms with van der Waals surface area (Å²) in [6.45, 7) is 5.21. The number of amides is 1. The number of carbonyl (C=O) groups excluding carboxylic acids is 1. The molecule has 26 heavy (non-hydrogen) atoms. The van der Waals surface area contributed by atoms with E-state index in [-0.39, 0.29) is 5.91 Å². The van der Waals surface area contributed by atoms with Crippen LogP contribution in [0.5, 0.6) is 0 Å². The number of anilines is 1. The van der Waals surface area contributed by atoms with E-state index in [2.05, 4.69) is 4.98 Å². The van der Waals surface area contributed by atoms with Gasteiger partial charge in [0, 0.05) is 32.4 Å². The van der Waals surface area contributed by atoms with Crippen molar-refractivity contribution in [3.05, 3.63) is 23.9 Å². The van der Waals surface area contributed by atoms with Gasteiger partial charge in [0.2, 0.25) is 5.91 Å². The minimum atomic E-state index is -4.42. The number of piperazine rings is 1. The third-order valence-corrected chi connectivity index (χ3v) is 5.35. The Kier molecular flexibility index (Phi) is 4.36. The fraction of sp³-hybridized carbons (Fsp3) is 0.588. The van der Waals surface area contributed by atoms with Crippen LogP contribution in [-0.4, -0.2) is 53.0 Å². The number of carboxylic acids is 1. The van der Waals surface area contributed by atoms with E-state index in [1.807, 2.05) is 4.90 Å². The number of carboxylic acid groups (broad SMARTS) is 1. The summed E-state index contributed by atoms with van der Waals surface area (Å²) in [6.07, 6.45) is -3.62. The highest BCUT2D eigenvalue weighted by atomic mass is 19.4. The molecule has 0 unspecified atom stereocenters. The summed E-state index contributed by atoms with van der Waals surface area (Å²) in [6, 6.07) is 2.31. The maximum atomic E-state index is 12.6. The van der Waals surface area contributed by atoms with Gasteiger partial charge < -0.3 is 14.9 Å². The lowest BCUT2D eigenvalue weighted by atomic mass is 10.1. The molecule has 1 saturated carbocycles. The Morgan fingerprint density at radius 3 is 2.19 bits per heavy atom. The Morgan fingerprint density at radius 1 is 1.15 bits per heavy atom. The number of carbonyl (C=O) groups is 2. The summed E-state index contributed by atoms with van der Waals surface area (Å²) < 4.78 is 37.8. The largest absolute Gasteiger partial charge is 0.481 e. The second-order valence-corrected chi connectivity index (χ2v) is 7.33. The van der Waals surface area contributed by atoms with E-state index in [1.165, 1.54) is 6.07 Å². The molecule has 1 aromatic rings. The van der Waals surface area contributed by atoms with Crippen LogP contribution >= 0.6 is 0 Å². The lowest BCUT2D eigenvalue weighted by Gasteiger charge is -2.35.